The Labute approximate surface area is 109 Å². The highest BCUT2D eigenvalue weighted by molar-refractivity contribution is 7.81. The van der Waals surface area contributed by atoms with E-state index in [1.807, 2.05) is 62.4 Å². The molecule has 0 aromatic heterocycles. The molecule has 2 aromatic rings. The summed E-state index contributed by atoms with van der Waals surface area (Å²) in [4.78, 5) is 0. The molecule has 0 saturated carbocycles. The number of benzene rings is 2. The third kappa shape index (κ3) is 2.78. The number of nitrogens with zero attached hydrogens (tertiary/aromatic N) is 1. The second-order valence-electron chi connectivity index (χ2n) is 4.20. The van der Waals surface area contributed by atoms with Crippen molar-refractivity contribution in [1.82, 2.24) is 0 Å². The van der Waals surface area contributed by atoms with Gasteiger partial charge in [0.2, 0.25) is 0 Å². The Morgan fingerprint density at radius 1 is 0.944 bits per heavy atom. The fourth-order valence-corrected chi connectivity index (χ4v) is 2.43. The molecule has 2 aromatic carbocycles. The van der Waals surface area contributed by atoms with Gasteiger partial charge in [-0.1, -0.05) is 24.3 Å². The maximum Gasteiger partial charge on any atom is 0.266 e. The summed E-state index contributed by atoms with van der Waals surface area (Å²) in [5.74, 6) is 0. The molecule has 1 unspecified atom stereocenters. The van der Waals surface area contributed by atoms with Gasteiger partial charge >= 0.3 is 0 Å². The van der Waals surface area contributed by atoms with E-state index >= 15 is 0 Å². The van der Waals surface area contributed by atoms with Crippen molar-refractivity contribution < 1.29 is 8.76 Å². The van der Waals surface area contributed by atoms with Crippen molar-refractivity contribution in [3.8, 4) is 0 Å². The van der Waals surface area contributed by atoms with Gasteiger partial charge in [-0.05, 0) is 49.2 Å². The number of hydrogen-bond acceptors (Lipinski definition) is 1. The fourth-order valence-electron chi connectivity index (χ4n) is 1.84. The second kappa shape index (κ2) is 5.33. The Bertz CT molecular complexity index is 538. The first kappa shape index (κ1) is 12.8. The topological polar surface area (TPSA) is 40.5 Å². The van der Waals surface area contributed by atoms with E-state index < -0.39 is 11.3 Å². The molecule has 0 fully saturated rings. The second-order valence-corrected chi connectivity index (χ2v) is 5.03. The molecule has 4 heteroatoms. The van der Waals surface area contributed by atoms with Crippen LogP contribution in [0.5, 0.6) is 0 Å². The van der Waals surface area contributed by atoms with E-state index in [9.17, 15) is 8.76 Å². The van der Waals surface area contributed by atoms with Gasteiger partial charge in [0.05, 0.1) is 11.4 Å². The zero-order chi connectivity index (χ0) is 13.1. The van der Waals surface area contributed by atoms with Crippen molar-refractivity contribution >= 4 is 22.6 Å². The monoisotopic (exact) mass is 261 g/mol. The van der Waals surface area contributed by atoms with Gasteiger partial charge in [-0.25, -0.2) is 8.51 Å². The summed E-state index contributed by atoms with van der Waals surface area (Å²) in [5.41, 5.74) is 3.52. The third-order valence-corrected chi connectivity index (χ3v) is 3.36. The quantitative estimate of drug-likeness (QED) is 0.858. The van der Waals surface area contributed by atoms with Gasteiger partial charge in [-0.2, -0.15) is 0 Å². The van der Waals surface area contributed by atoms with Crippen LogP contribution in [0.25, 0.3) is 0 Å². The van der Waals surface area contributed by atoms with Gasteiger partial charge in [0.1, 0.15) is 0 Å². The summed E-state index contributed by atoms with van der Waals surface area (Å²) in [6.07, 6.45) is 0. The molecule has 94 valence electrons. The Balaban J connectivity index is 2.50. The lowest BCUT2D eigenvalue weighted by Crippen LogP contribution is -2.19. The minimum absolute atomic E-state index is 0.710. The molecule has 0 saturated heterocycles. The average Bonchev–Trinajstić information content (AvgIpc) is 2.28. The molecule has 3 nitrogen and oxygen atoms in total. The highest BCUT2D eigenvalue weighted by Gasteiger charge is 2.14. The molecule has 0 aliphatic rings. The summed E-state index contributed by atoms with van der Waals surface area (Å²) in [7, 11) is 0. The Hall–Kier alpha value is -1.65. The maximum atomic E-state index is 11.6. The van der Waals surface area contributed by atoms with Crippen molar-refractivity contribution in [2.75, 3.05) is 4.31 Å². The Kier molecular flexibility index (Phi) is 3.79. The van der Waals surface area contributed by atoms with Crippen molar-refractivity contribution in [3.63, 3.8) is 0 Å². The summed E-state index contributed by atoms with van der Waals surface area (Å²) in [5, 5.41) is 0. The standard InChI is InChI=1S/C14H15NO2S/c1-11-5-3-7-13(9-11)15(18(16)17)14-8-4-6-12(2)10-14/h3-10H,1-2H3,(H,16,17). The van der Waals surface area contributed by atoms with E-state index in [4.69, 9.17) is 0 Å². The number of hydrogen-bond donors (Lipinski definition) is 1. The smallest absolute Gasteiger partial charge is 0.266 e. The molecular weight excluding hydrogens is 246 g/mol. The van der Waals surface area contributed by atoms with Crippen LogP contribution < -0.4 is 4.31 Å². The molecule has 0 spiro atoms. The Morgan fingerprint density at radius 3 is 1.72 bits per heavy atom. The normalized spacial score (nSPS) is 12.2. The van der Waals surface area contributed by atoms with Crippen molar-refractivity contribution in [2.45, 2.75) is 13.8 Å². The van der Waals surface area contributed by atoms with Crippen LogP contribution in [-0.4, -0.2) is 8.76 Å². The molecule has 0 aliphatic carbocycles. The predicted molar refractivity (Wildman–Crippen MR) is 75.3 cm³/mol. The highest BCUT2D eigenvalue weighted by Crippen LogP contribution is 2.27. The predicted octanol–water partition coefficient (Wildman–Crippen LogP) is 3.58. The van der Waals surface area contributed by atoms with Gasteiger partial charge in [0.25, 0.3) is 11.3 Å². The van der Waals surface area contributed by atoms with E-state index in [1.165, 1.54) is 4.31 Å². The maximum absolute atomic E-state index is 11.6. The van der Waals surface area contributed by atoms with Crippen LogP contribution >= 0.6 is 0 Å². The van der Waals surface area contributed by atoms with Gasteiger partial charge in [-0.15, -0.1) is 0 Å². The number of aryl methyl sites for hydroxylation is 2. The largest absolute Gasteiger partial charge is 0.289 e. The SMILES string of the molecule is Cc1cccc(N(c2cccc(C)c2)S(=O)O)c1. The summed E-state index contributed by atoms with van der Waals surface area (Å²) >= 11 is -2.09. The lowest BCUT2D eigenvalue weighted by atomic mass is 10.2. The van der Waals surface area contributed by atoms with Crippen LogP contribution in [0, 0.1) is 13.8 Å². The highest BCUT2D eigenvalue weighted by atomic mass is 32.2. The third-order valence-electron chi connectivity index (χ3n) is 2.63. The van der Waals surface area contributed by atoms with E-state index in [2.05, 4.69) is 0 Å². The zero-order valence-corrected chi connectivity index (χ0v) is 11.1. The average molecular weight is 261 g/mol. The van der Waals surface area contributed by atoms with E-state index in [0.717, 1.165) is 11.1 Å². The number of rotatable bonds is 3. The van der Waals surface area contributed by atoms with E-state index in [-0.39, 0.29) is 0 Å². The van der Waals surface area contributed by atoms with Gasteiger partial charge in [-0.3, -0.25) is 4.55 Å². The summed E-state index contributed by atoms with van der Waals surface area (Å²) in [6.45, 7) is 3.91. The molecule has 1 atom stereocenters. The van der Waals surface area contributed by atoms with Crippen LogP contribution in [0.4, 0.5) is 11.4 Å². The first-order chi connectivity index (χ1) is 8.58. The van der Waals surface area contributed by atoms with Crippen molar-refractivity contribution in [1.29, 1.82) is 0 Å². The van der Waals surface area contributed by atoms with Crippen molar-refractivity contribution in [3.05, 3.63) is 59.7 Å². The summed E-state index contributed by atoms with van der Waals surface area (Å²) in [6, 6.07) is 15.1. The molecule has 1 N–H and O–H groups in total. The first-order valence-electron chi connectivity index (χ1n) is 5.62. The van der Waals surface area contributed by atoms with Crippen LogP contribution in [0.2, 0.25) is 0 Å². The molecule has 0 heterocycles. The van der Waals surface area contributed by atoms with Crippen LogP contribution in [-0.2, 0) is 11.3 Å². The van der Waals surface area contributed by atoms with E-state index in [1.54, 1.807) is 0 Å². The van der Waals surface area contributed by atoms with Gasteiger partial charge in [0, 0.05) is 0 Å². The van der Waals surface area contributed by atoms with Gasteiger partial charge < -0.3 is 0 Å². The molecule has 0 amide bonds. The van der Waals surface area contributed by atoms with Gasteiger partial charge in [0.15, 0.2) is 0 Å². The number of anilines is 2. The molecule has 0 bridgehead atoms. The Morgan fingerprint density at radius 2 is 1.39 bits per heavy atom. The lowest BCUT2D eigenvalue weighted by molar-refractivity contribution is 0.564. The summed E-state index contributed by atoms with van der Waals surface area (Å²) < 4.78 is 22.5. The minimum atomic E-state index is -2.09. The molecule has 0 radical (unpaired) electrons. The molecule has 2 rings (SSSR count). The molecule has 18 heavy (non-hydrogen) atoms. The minimum Gasteiger partial charge on any atom is -0.289 e. The van der Waals surface area contributed by atoms with Crippen molar-refractivity contribution in [2.24, 2.45) is 0 Å². The molecular formula is C14H15NO2S. The van der Waals surface area contributed by atoms with E-state index in [0.29, 0.717) is 11.4 Å². The van der Waals surface area contributed by atoms with Crippen LogP contribution in [0.1, 0.15) is 11.1 Å². The fraction of sp³-hybridized carbons (Fsp3) is 0.143. The first-order valence-corrected chi connectivity index (χ1v) is 6.69. The van der Waals surface area contributed by atoms with Crippen LogP contribution in [0.15, 0.2) is 48.5 Å². The zero-order valence-electron chi connectivity index (χ0n) is 10.3. The van der Waals surface area contributed by atoms with Crippen LogP contribution in [0.3, 0.4) is 0 Å². The lowest BCUT2D eigenvalue weighted by Gasteiger charge is -2.20. The molecule has 0 aliphatic heterocycles.